The Balaban J connectivity index is 1.28. The molecular weight excluding hydrogens is 501 g/mol. The van der Waals surface area contributed by atoms with Crippen LogP contribution in [0, 0.1) is 0 Å². The molecule has 4 aromatic heterocycles. The van der Waals surface area contributed by atoms with E-state index in [-0.39, 0.29) is 5.82 Å². The molecule has 1 saturated carbocycles. The van der Waals surface area contributed by atoms with Gasteiger partial charge in [0.05, 0.1) is 25.5 Å². The summed E-state index contributed by atoms with van der Waals surface area (Å²) in [5.74, 6) is 2.54. The van der Waals surface area contributed by atoms with E-state index in [0.717, 1.165) is 30.3 Å². The molecule has 0 radical (unpaired) electrons. The molecule has 0 unspecified atom stereocenters. The van der Waals surface area contributed by atoms with Gasteiger partial charge in [-0.05, 0) is 24.5 Å². The highest BCUT2D eigenvalue weighted by atomic mass is 19.4. The Kier molecular flexibility index (Phi) is 5.84. The third kappa shape index (κ3) is 4.48. The number of alkyl halides is 3. The fraction of sp³-hybridized carbons (Fsp3) is 0.360. The topological polar surface area (TPSA) is 104 Å². The molecule has 0 saturated heterocycles. The minimum absolute atomic E-state index is 0.142. The van der Waals surface area contributed by atoms with Gasteiger partial charge in [0.15, 0.2) is 28.9 Å². The molecule has 4 aromatic rings. The van der Waals surface area contributed by atoms with Crippen LogP contribution in [0.2, 0.25) is 0 Å². The van der Waals surface area contributed by atoms with Gasteiger partial charge >= 0.3 is 6.18 Å². The second-order valence-corrected chi connectivity index (χ2v) is 9.18. The average Bonchev–Trinajstić information content (AvgIpc) is 3.69. The summed E-state index contributed by atoms with van der Waals surface area (Å²) in [5.41, 5.74) is 1.81. The Morgan fingerprint density at radius 1 is 1.08 bits per heavy atom. The van der Waals surface area contributed by atoms with Crippen molar-refractivity contribution in [2.45, 2.75) is 31.5 Å². The first kappa shape index (κ1) is 24.1. The minimum Gasteiger partial charge on any atom is -0.486 e. The van der Waals surface area contributed by atoms with Crippen LogP contribution in [-0.2, 0) is 19.8 Å². The number of aromatic nitrogens is 7. The first-order valence-electron chi connectivity index (χ1n) is 12.0. The number of methoxy groups -OCH3 is 1. The van der Waals surface area contributed by atoms with E-state index < -0.39 is 11.9 Å². The van der Waals surface area contributed by atoms with Crippen LogP contribution in [0.15, 0.2) is 37.1 Å². The normalized spacial score (nSPS) is 15.2. The highest BCUT2D eigenvalue weighted by molar-refractivity contribution is 5.69. The molecule has 0 bridgehead atoms. The van der Waals surface area contributed by atoms with Gasteiger partial charge in [-0.3, -0.25) is 4.98 Å². The lowest BCUT2D eigenvalue weighted by Gasteiger charge is -2.30. The lowest BCUT2D eigenvalue weighted by molar-refractivity contribution is -0.140. The summed E-state index contributed by atoms with van der Waals surface area (Å²) in [4.78, 5) is 28.3. The van der Waals surface area contributed by atoms with Gasteiger partial charge in [0.25, 0.3) is 0 Å². The summed E-state index contributed by atoms with van der Waals surface area (Å²) in [6.07, 6.45) is 3.30. The van der Waals surface area contributed by atoms with Crippen molar-refractivity contribution in [2.24, 2.45) is 7.05 Å². The number of hydrogen-bond acceptors (Lipinski definition) is 9. The largest absolute Gasteiger partial charge is 0.486 e. The lowest BCUT2D eigenvalue weighted by atomic mass is 10.1. The molecule has 0 N–H and O–H groups in total. The van der Waals surface area contributed by atoms with E-state index in [1.165, 1.54) is 17.9 Å². The van der Waals surface area contributed by atoms with Crippen molar-refractivity contribution in [2.75, 3.05) is 25.2 Å². The number of anilines is 1. The fourth-order valence-corrected chi connectivity index (χ4v) is 4.46. The van der Waals surface area contributed by atoms with E-state index in [4.69, 9.17) is 14.5 Å². The van der Waals surface area contributed by atoms with Crippen molar-refractivity contribution < 1.29 is 22.6 Å². The summed E-state index contributed by atoms with van der Waals surface area (Å²) >= 11 is 0. The molecule has 1 aliphatic carbocycles. The number of nitrogens with zero attached hydrogens (tertiary/aromatic N) is 8. The number of halogens is 3. The van der Waals surface area contributed by atoms with Crippen molar-refractivity contribution in [3.63, 3.8) is 0 Å². The number of hydrogen-bond donors (Lipinski definition) is 0. The van der Waals surface area contributed by atoms with Crippen LogP contribution >= 0.6 is 0 Å². The standard InChI is InChI=1S/C25H23F3N8O2/c1-35-12-18(25(26,27)28)33-22(35)16-6-3-14(9-29-16)11-36-7-8-38-17-10-30-21(34-23(17)36)19-20(15-4-5-15)31-13-32-24(19)37-2/h3,6,9-10,12-13,15H,4-5,7-8,11H2,1-2H3. The lowest BCUT2D eigenvalue weighted by Crippen LogP contribution is -2.33. The van der Waals surface area contributed by atoms with Crippen molar-refractivity contribution in [3.8, 4) is 34.5 Å². The van der Waals surface area contributed by atoms with Gasteiger partial charge in [-0.2, -0.15) is 13.2 Å². The van der Waals surface area contributed by atoms with E-state index in [0.29, 0.717) is 60.1 Å². The van der Waals surface area contributed by atoms with Gasteiger partial charge in [0.1, 0.15) is 24.2 Å². The van der Waals surface area contributed by atoms with E-state index in [2.05, 4.69) is 29.8 Å². The average molecular weight is 525 g/mol. The predicted molar refractivity (Wildman–Crippen MR) is 130 cm³/mol. The summed E-state index contributed by atoms with van der Waals surface area (Å²) < 4.78 is 51.8. The number of imidazole rings is 1. The molecule has 1 aliphatic heterocycles. The molecule has 0 amide bonds. The van der Waals surface area contributed by atoms with E-state index >= 15 is 0 Å². The maximum atomic E-state index is 13.1. The molecule has 0 aromatic carbocycles. The molecule has 2 aliphatic rings. The molecule has 5 heterocycles. The van der Waals surface area contributed by atoms with Crippen LogP contribution in [-0.4, -0.2) is 54.7 Å². The van der Waals surface area contributed by atoms with E-state index in [9.17, 15) is 13.2 Å². The number of pyridine rings is 1. The number of rotatable bonds is 6. The number of aryl methyl sites for hydroxylation is 1. The SMILES string of the molecule is COc1ncnc(C2CC2)c1-c1ncc2c(n1)N(Cc1ccc(-c3nc(C(F)(F)F)cn3C)nc1)CCO2. The quantitative estimate of drug-likeness (QED) is 0.370. The Morgan fingerprint density at radius 2 is 1.92 bits per heavy atom. The molecule has 196 valence electrons. The molecule has 1 fully saturated rings. The van der Waals surface area contributed by atoms with E-state index in [1.807, 2.05) is 6.07 Å². The van der Waals surface area contributed by atoms with Crippen molar-refractivity contribution in [1.29, 1.82) is 0 Å². The monoisotopic (exact) mass is 524 g/mol. The van der Waals surface area contributed by atoms with Crippen LogP contribution in [0.5, 0.6) is 11.6 Å². The van der Waals surface area contributed by atoms with Gasteiger partial charge in [-0.25, -0.2) is 24.9 Å². The minimum atomic E-state index is -4.52. The molecule has 0 atom stereocenters. The third-order valence-electron chi connectivity index (χ3n) is 6.47. The second kappa shape index (κ2) is 9.23. The predicted octanol–water partition coefficient (Wildman–Crippen LogP) is 4.03. The maximum Gasteiger partial charge on any atom is 0.434 e. The van der Waals surface area contributed by atoms with Gasteiger partial charge in [0, 0.05) is 31.9 Å². The zero-order valence-electron chi connectivity index (χ0n) is 20.6. The summed E-state index contributed by atoms with van der Waals surface area (Å²) in [5, 5.41) is 0. The summed E-state index contributed by atoms with van der Waals surface area (Å²) in [6.45, 7) is 1.50. The Morgan fingerprint density at radius 3 is 2.61 bits per heavy atom. The fourth-order valence-electron chi connectivity index (χ4n) is 4.46. The van der Waals surface area contributed by atoms with Gasteiger partial charge in [-0.1, -0.05) is 6.07 Å². The Hall–Kier alpha value is -4.29. The zero-order chi connectivity index (χ0) is 26.4. The highest BCUT2D eigenvalue weighted by Crippen LogP contribution is 2.45. The summed E-state index contributed by atoms with van der Waals surface area (Å²) in [6, 6.07) is 3.49. The first-order chi connectivity index (χ1) is 18.3. The Bertz CT molecular complexity index is 1490. The van der Waals surface area contributed by atoms with Gasteiger partial charge < -0.3 is 18.9 Å². The molecule has 13 heteroatoms. The highest BCUT2D eigenvalue weighted by Gasteiger charge is 2.35. The maximum absolute atomic E-state index is 13.1. The number of ether oxygens (including phenoxy) is 2. The Labute approximate surface area is 215 Å². The van der Waals surface area contributed by atoms with Gasteiger partial charge in [0.2, 0.25) is 5.88 Å². The van der Waals surface area contributed by atoms with E-state index in [1.54, 1.807) is 25.6 Å². The van der Waals surface area contributed by atoms with Crippen LogP contribution in [0.4, 0.5) is 19.0 Å². The molecule has 10 nitrogen and oxygen atoms in total. The molecule has 6 rings (SSSR count). The smallest absolute Gasteiger partial charge is 0.434 e. The van der Waals surface area contributed by atoms with Crippen LogP contribution in [0.25, 0.3) is 22.9 Å². The second-order valence-electron chi connectivity index (χ2n) is 9.18. The van der Waals surface area contributed by atoms with Crippen LogP contribution < -0.4 is 14.4 Å². The summed E-state index contributed by atoms with van der Waals surface area (Å²) in [7, 11) is 3.07. The third-order valence-corrected chi connectivity index (χ3v) is 6.47. The van der Waals surface area contributed by atoms with Crippen LogP contribution in [0.1, 0.15) is 35.7 Å². The molecular formula is C25H23F3N8O2. The molecule has 38 heavy (non-hydrogen) atoms. The van der Waals surface area contributed by atoms with Gasteiger partial charge in [-0.15, -0.1) is 0 Å². The first-order valence-corrected chi connectivity index (χ1v) is 12.0. The van der Waals surface area contributed by atoms with Crippen LogP contribution in [0.3, 0.4) is 0 Å². The zero-order valence-corrected chi connectivity index (χ0v) is 20.6. The number of fused-ring (bicyclic) bond motifs is 1. The van der Waals surface area contributed by atoms with Crippen molar-refractivity contribution >= 4 is 5.82 Å². The molecule has 0 spiro atoms. The van der Waals surface area contributed by atoms with Crippen molar-refractivity contribution in [1.82, 2.24) is 34.5 Å². The van der Waals surface area contributed by atoms with Crippen molar-refractivity contribution in [3.05, 3.63) is 54.0 Å².